The van der Waals surface area contributed by atoms with Gasteiger partial charge in [-0.2, -0.15) is 0 Å². The van der Waals surface area contributed by atoms with Crippen LogP contribution in [0.5, 0.6) is 0 Å². The van der Waals surface area contributed by atoms with E-state index in [0.717, 1.165) is 15.8 Å². The number of hydrogen-bond donors (Lipinski definition) is 1. The maximum absolute atomic E-state index is 12.8. The third kappa shape index (κ3) is 2.37. The van der Waals surface area contributed by atoms with Gasteiger partial charge in [0.2, 0.25) is 0 Å². The van der Waals surface area contributed by atoms with Crippen LogP contribution in [0.2, 0.25) is 0 Å². The number of rotatable bonds is 2. The lowest BCUT2D eigenvalue weighted by atomic mass is 10.2. The Balaban J connectivity index is 1.82. The van der Waals surface area contributed by atoms with Crippen LogP contribution in [0.3, 0.4) is 0 Å². The molecular formula is C18H13N3O2S. The first kappa shape index (κ1) is 14.6. The zero-order valence-corrected chi connectivity index (χ0v) is 13.6. The number of carbonyl (C=O) groups is 1. The van der Waals surface area contributed by atoms with Crippen molar-refractivity contribution in [3.8, 4) is 0 Å². The molecule has 0 saturated heterocycles. The molecule has 6 heteroatoms. The van der Waals surface area contributed by atoms with E-state index in [0.29, 0.717) is 10.5 Å². The Kier molecular flexibility index (Phi) is 3.39. The summed E-state index contributed by atoms with van der Waals surface area (Å²) in [7, 11) is 0. The second-order valence-electron chi connectivity index (χ2n) is 5.49. The lowest BCUT2D eigenvalue weighted by Gasteiger charge is -2.05. The van der Waals surface area contributed by atoms with Crippen molar-refractivity contribution in [2.45, 2.75) is 6.92 Å². The van der Waals surface area contributed by atoms with E-state index in [-0.39, 0.29) is 17.2 Å². The standard InChI is InChI=1S/C18H13N3O2S/c1-11-7-8-14-15(9-11)24-18-19-10-13(17(23)21(14)18)20-16(22)12-5-3-2-4-6-12/h2-10H,1H3,(H,20,22). The fourth-order valence-corrected chi connectivity index (χ4v) is 3.66. The van der Waals surface area contributed by atoms with Crippen LogP contribution in [0.25, 0.3) is 15.2 Å². The fraction of sp³-hybridized carbons (Fsp3) is 0.0556. The third-order valence-corrected chi connectivity index (χ3v) is 4.79. The summed E-state index contributed by atoms with van der Waals surface area (Å²) in [5, 5.41) is 2.65. The monoisotopic (exact) mass is 335 g/mol. The SMILES string of the molecule is Cc1ccc2c(c1)sc1ncc(NC(=O)c3ccccc3)c(=O)n12. The highest BCUT2D eigenvalue weighted by molar-refractivity contribution is 7.23. The molecule has 1 N–H and O–H groups in total. The van der Waals surface area contributed by atoms with Gasteiger partial charge in [-0.1, -0.05) is 35.6 Å². The van der Waals surface area contributed by atoms with Gasteiger partial charge >= 0.3 is 0 Å². The molecule has 0 spiro atoms. The van der Waals surface area contributed by atoms with Crippen LogP contribution < -0.4 is 10.9 Å². The molecule has 0 radical (unpaired) electrons. The molecule has 0 fully saturated rings. The van der Waals surface area contributed by atoms with Crippen LogP contribution in [-0.4, -0.2) is 15.3 Å². The fourth-order valence-electron chi connectivity index (χ4n) is 2.58. The van der Waals surface area contributed by atoms with Crippen molar-refractivity contribution >= 4 is 38.1 Å². The molecule has 0 aliphatic carbocycles. The van der Waals surface area contributed by atoms with Crippen LogP contribution in [-0.2, 0) is 0 Å². The number of anilines is 1. The van der Waals surface area contributed by atoms with Gasteiger partial charge in [-0.05, 0) is 36.8 Å². The van der Waals surface area contributed by atoms with Crippen molar-refractivity contribution in [1.82, 2.24) is 9.38 Å². The van der Waals surface area contributed by atoms with Gasteiger partial charge in [0, 0.05) is 5.56 Å². The number of carbonyl (C=O) groups excluding carboxylic acids is 1. The molecule has 118 valence electrons. The minimum absolute atomic E-state index is 0.168. The van der Waals surface area contributed by atoms with Gasteiger partial charge in [0.1, 0.15) is 5.69 Å². The summed E-state index contributed by atoms with van der Waals surface area (Å²) in [5.41, 5.74) is 2.31. The minimum atomic E-state index is -0.329. The molecule has 0 aliphatic rings. The Hall–Kier alpha value is -2.99. The summed E-state index contributed by atoms with van der Waals surface area (Å²) in [6.45, 7) is 2.01. The number of benzene rings is 2. The number of fused-ring (bicyclic) bond motifs is 3. The molecule has 0 atom stereocenters. The zero-order chi connectivity index (χ0) is 16.7. The molecule has 5 nitrogen and oxygen atoms in total. The van der Waals surface area contributed by atoms with E-state index < -0.39 is 0 Å². The largest absolute Gasteiger partial charge is 0.316 e. The average Bonchev–Trinajstić information content (AvgIpc) is 2.96. The molecule has 2 aromatic carbocycles. The summed E-state index contributed by atoms with van der Waals surface area (Å²) in [5.74, 6) is -0.329. The Morgan fingerprint density at radius 2 is 1.96 bits per heavy atom. The van der Waals surface area contributed by atoms with Crippen LogP contribution >= 0.6 is 11.3 Å². The highest BCUT2D eigenvalue weighted by Crippen LogP contribution is 2.25. The molecule has 2 heterocycles. The molecule has 4 aromatic rings. The van der Waals surface area contributed by atoms with Crippen molar-refractivity contribution in [3.05, 3.63) is 76.2 Å². The predicted octanol–water partition coefficient (Wildman–Crippen LogP) is 3.47. The maximum Gasteiger partial charge on any atom is 0.282 e. The van der Waals surface area contributed by atoms with Gasteiger partial charge in [0.15, 0.2) is 4.96 Å². The van der Waals surface area contributed by atoms with Crippen molar-refractivity contribution < 1.29 is 4.79 Å². The highest BCUT2D eigenvalue weighted by Gasteiger charge is 2.13. The average molecular weight is 335 g/mol. The van der Waals surface area contributed by atoms with E-state index in [9.17, 15) is 9.59 Å². The zero-order valence-electron chi connectivity index (χ0n) is 12.8. The van der Waals surface area contributed by atoms with E-state index in [1.165, 1.54) is 17.5 Å². The molecular weight excluding hydrogens is 322 g/mol. The molecule has 4 rings (SSSR count). The lowest BCUT2D eigenvalue weighted by Crippen LogP contribution is -2.22. The molecule has 0 aliphatic heterocycles. The number of nitrogens with one attached hydrogen (secondary N) is 1. The first-order chi connectivity index (χ1) is 11.6. The first-order valence-electron chi connectivity index (χ1n) is 7.41. The molecule has 24 heavy (non-hydrogen) atoms. The Morgan fingerprint density at radius 3 is 2.75 bits per heavy atom. The van der Waals surface area contributed by atoms with Gasteiger partial charge in [0.05, 0.1) is 16.4 Å². The Labute approximate surface area is 141 Å². The minimum Gasteiger partial charge on any atom is -0.316 e. The summed E-state index contributed by atoms with van der Waals surface area (Å²) in [4.78, 5) is 30.0. The van der Waals surface area contributed by atoms with E-state index in [1.54, 1.807) is 28.7 Å². The molecule has 2 aromatic heterocycles. The smallest absolute Gasteiger partial charge is 0.282 e. The van der Waals surface area contributed by atoms with E-state index >= 15 is 0 Å². The molecule has 0 bridgehead atoms. The van der Waals surface area contributed by atoms with Crippen LogP contribution in [0.1, 0.15) is 15.9 Å². The highest BCUT2D eigenvalue weighted by atomic mass is 32.1. The van der Waals surface area contributed by atoms with Crippen molar-refractivity contribution in [3.63, 3.8) is 0 Å². The normalized spacial score (nSPS) is 11.0. The van der Waals surface area contributed by atoms with Gasteiger partial charge in [-0.3, -0.25) is 9.59 Å². The van der Waals surface area contributed by atoms with Gasteiger partial charge in [0.25, 0.3) is 11.5 Å². The van der Waals surface area contributed by atoms with E-state index in [1.807, 2.05) is 31.2 Å². The maximum atomic E-state index is 12.8. The van der Waals surface area contributed by atoms with Gasteiger partial charge in [-0.25, -0.2) is 9.38 Å². The number of nitrogens with zero attached hydrogens (tertiary/aromatic N) is 2. The van der Waals surface area contributed by atoms with Gasteiger partial charge < -0.3 is 5.32 Å². The topological polar surface area (TPSA) is 63.5 Å². The summed E-state index contributed by atoms with van der Waals surface area (Å²) < 4.78 is 2.53. The second kappa shape index (κ2) is 5.58. The van der Waals surface area contributed by atoms with Crippen molar-refractivity contribution in [2.75, 3.05) is 5.32 Å². The van der Waals surface area contributed by atoms with Gasteiger partial charge in [-0.15, -0.1) is 0 Å². The number of hydrogen-bond acceptors (Lipinski definition) is 4. The van der Waals surface area contributed by atoms with Crippen LogP contribution in [0.4, 0.5) is 5.69 Å². The molecule has 0 unspecified atom stereocenters. The summed E-state index contributed by atoms with van der Waals surface area (Å²) in [6.07, 6.45) is 1.42. The number of amides is 1. The number of thiazole rings is 1. The second-order valence-corrected chi connectivity index (χ2v) is 6.50. The molecule has 1 amide bonds. The van der Waals surface area contributed by atoms with Crippen molar-refractivity contribution in [1.29, 1.82) is 0 Å². The van der Waals surface area contributed by atoms with Crippen LogP contribution in [0.15, 0.2) is 59.5 Å². The summed E-state index contributed by atoms with van der Waals surface area (Å²) in [6, 6.07) is 14.7. The molecule has 0 saturated carbocycles. The quantitative estimate of drug-likeness (QED) is 0.610. The third-order valence-electron chi connectivity index (χ3n) is 3.77. The van der Waals surface area contributed by atoms with Crippen molar-refractivity contribution in [2.24, 2.45) is 0 Å². The Bertz CT molecular complexity index is 1130. The Morgan fingerprint density at radius 1 is 1.17 bits per heavy atom. The van der Waals surface area contributed by atoms with E-state index in [2.05, 4.69) is 10.3 Å². The summed E-state index contributed by atoms with van der Waals surface area (Å²) >= 11 is 1.45. The first-order valence-corrected chi connectivity index (χ1v) is 8.22. The number of aryl methyl sites for hydroxylation is 1. The number of aromatic nitrogens is 2. The van der Waals surface area contributed by atoms with Crippen LogP contribution in [0, 0.1) is 6.92 Å². The lowest BCUT2D eigenvalue weighted by molar-refractivity contribution is 0.102. The predicted molar refractivity (Wildman–Crippen MR) is 96.0 cm³/mol. The van der Waals surface area contributed by atoms with E-state index in [4.69, 9.17) is 0 Å².